The second kappa shape index (κ2) is 7.06. The fourth-order valence-corrected chi connectivity index (χ4v) is 4.42. The van der Waals surface area contributed by atoms with E-state index in [-0.39, 0.29) is 22.1 Å². The molecular weight excluding hydrogens is 361 g/mol. The van der Waals surface area contributed by atoms with Crippen molar-refractivity contribution in [2.24, 2.45) is 0 Å². The van der Waals surface area contributed by atoms with Crippen LogP contribution in [0.25, 0.3) is 0 Å². The zero-order valence-corrected chi connectivity index (χ0v) is 14.7. The molecule has 0 bridgehead atoms. The molecule has 0 aliphatic carbocycles. The highest BCUT2D eigenvalue weighted by atomic mass is 35.5. The molecule has 1 saturated heterocycles. The van der Waals surface area contributed by atoms with Gasteiger partial charge in [-0.1, -0.05) is 11.6 Å². The van der Waals surface area contributed by atoms with Gasteiger partial charge < -0.3 is 9.64 Å². The smallest absolute Gasteiger partial charge is 0.341 e. The van der Waals surface area contributed by atoms with E-state index in [9.17, 15) is 22.4 Å². The molecule has 1 aliphatic heterocycles. The van der Waals surface area contributed by atoms with Crippen LogP contribution in [0.3, 0.4) is 0 Å². The number of hydrogen-bond acceptors (Lipinski definition) is 5. The third-order valence-electron chi connectivity index (χ3n) is 3.88. The minimum Gasteiger partial charge on any atom is -0.449 e. The molecule has 6 nitrogen and oxygen atoms in total. The summed E-state index contributed by atoms with van der Waals surface area (Å²) in [4.78, 5) is 25.5. The number of esters is 1. The van der Waals surface area contributed by atoms with E-state index in [0.29, 0.717) is 6.42 Å². The van der Waals surface area contributed by atoms with Crippen LogP contribution in [0, 0.1) is 5.82 Å². The Morgan fingerprint density at radius 3 is 2.67 bits per heavy atom. The molecule has 1 aromatic carbocycles. The van der Waals surface area contributed by atoms with Gasteiger partial charge in [-0.3, -0.25) is 4.79 Å². The molecule has 0 spiro atoms. The molecule has 1 fully saturated rings. The van der Waals surface area contributed by atoms with Crippen molar-refractivity contribution in [3.63, 3.8) is 0 Å². The van der Waals surface area contributed by atoms with Gasteiger partial charge in [-0.2, -0.15) is 0 Å². The lowest BCUT2D eigenvalue weighted by molar-refractivity contribution is -0.140. The Balaban J connectivity index is 2.03. The van der Waals surface area contributed by atoms with Gasteiger partial charge in [-0.15, -0.1) is 0 Å². The Labute approximate surface area is 144 Å². The van der Waals surface area contributed by atoms with Crippen LogP contribution in [-0.4, -0.2) is 55.9 Å². The molecule has 0 radical (unpaired) electrons. The van der Waals surface area contributed by atoms with Crippen LogP contribution in [-0.2, 0) is 19.4 Å². The topological polar surface area (TPSA) is 80.8 Å². The molecule has 9 heteroatoms. The van der Waals surface area contributed by atoms with Gasteiger partial charge >= 0.3 is 5.97 Å². The van der Waals surface area contributed by atoms with Crippen molar-refractivity contribution in [2.45, 2.75) is 25.5 Å². The first-order chi connectivity index (χ1) is 11.1. The molecule has 0 unspecified atom stereocenters. The summed E-state index contributed by atoms with van der Waals surface area (Å²) in [6.45, 7) is 1.35. The SMILES string of the molecule is C[C@H](OC(=O)c1cc(Cl)ccc1F)C(=O)N(C)[C@@H]1CCS(=O)(=O)C1. The third-order valence-corrected chi connectivity index (χ3v) is 5.87. The largest absolute Gasteiger partial charge is 0.449 e. The molecule has 1 aliphatic rings. The van der Waals surface area contributed by atoms with Crippen LogP contribution < -0.4 is 0 Å². The van der Waals surface area contributed by atoms with Crippen molar-refractivity contribution in [1.29, 1.82) is 0 Å². The minimum absolute atomic E-state index is 0.0250. The number of sulfone groups is 1. The number of ether oxygens (including phenoxy) is 1. The van der Waals surface area contributed by atoms with Crippen LogP contribution in [0.5, 0.6) is 0 Å². The van der Waals surface area contributed by atoms with E-state index < -0.39 is 39.7 Å². The van der Waals surface area contributed by atoms with E-state index in [1.807, 2.05) is 0 Å². The summed E-state index contributed by atoms with van der Waals surface area (Å²) in [6.07, 6.45) is -0.835. The predicted molar refractivity (Wildman–Crippen MR) is 86.1 cm³/mol. The third kappa shape index (κ3) is 4.24. The summed E-state index contributed by atoms with van der Waals surface area (Å²) in [5.74, 6) is -2.45. The normalized spacial score (nSPS) is 20.4. The number of carbonyl (C=O) groups is 2. The van der Waals surface area contributed by atoms with Crippen LogP contribution >= 0.6 is 11.6 Å². The van der Waals surface area contributed by atoms with Crippen LogP contribution in [0.15, 0.2) is 18.2 Å². The first-order valence-corrected chi connectivity index (χ1v) is 9.44. The monoisotopic (exact) mass is 377 g/mol. The highest BCUT2D eigenvalue weighted by Gasteiger charge is 2.35. The quantitative estimate of drug-likeness (QED) is 0.745. The number of carbonyl (C=O) groups excluding carboxylic acids is 2. The maximum absolute atomic E-state index is 13.6. The molecule has 24 heavy (non-hydrogen) atoms. The van der Waals surface area contributed by atoms with Crippen molar-refractivity contribution < 1.29 is 27.1 Å². The molecule has 2 rings (SSSR count). The molecule has 1 aromatic rings. The van der Waals surface area contributed by atoms with Crippen molar-refractivity contribution in [3.8, 4) is 0 Å². The van der Waals surface area contributed by atoms with Gasteiger partial charge in [-0.05, 0) is 31.5 Å². The van der Waals surface area contributed by atoms with Crippen LogP contribution in [0.2, 0.25) is 5.02 Å². The summed E-state index contributed by atoms with van der Waals surface area (Å²) in [5, 5.41) is 0.163. The molecular formula is C15H17ClFNO5S. The average Bonchev–Trinajstić information content (AvgIpc) is 2.88. The Hall–Kier alpha value is -1.67. The second-order valence-corrected chi connectivity index (χ2v) is 8.34. The van der Waals surface area contributed by atoms with Crippen molar-refractivity contribution in [2.75, 3.05) is 18.6 Å². The fraction of sp³-hybridized carbons (Fsp3) is 0.467. The summed E-state index contributed by atoms with van der Waals surface area (Å²) >= 11 is 5.72. The van der Waals surface area contributed by atoms with Gasteiger partial charge in [0.15, 0.2) is 15.9 Å². The van der Waals surface area contributed by atoms with Crippen molar-refractivity contribution in [3.05, 3.63) is 34.6 Å². The van der Waals surface area contributed by atoms with E-state index in [1.165, 1.54) is 24.9 Å². The maximum Gasteiger partial charge on any atom is 0.341 e. The standard InChI is InChI=1S/C15H17ClFNO5S/c1-9(14(19)18(2)11-5-6-24(21,22)8-11)23-15(20)12-7-10(16)3-4-13(12)17/h3-4,7,9,11H,5-6,8H2,1-2H3/t9-,11+/m0/s1. The first kappa shape index (κ1) is 18.7. The lowest BCUT2D eigenvalue weighted by Gasteiger charge is -2.26. The number of amides is 1. The van der Waals surface area contributed by atoms with Crippen LogP contribution in [0.1, 0.15) is 23.7 Å². The maximum atomic E-state index is 13.6. The fourth-order valence-electron chi connectivity index (χ4n) is 2.48. The Bertz CT molecular complexity index is 767. The van der Waals surface area contributed by atoms with Crippen molar-refractivity contribution in [1.82, 2.24) is 4.90 Å². The summed E-state index contributed by atoms with van der Waals surface area (Å²) in [7, 11) is -1.69. The van der Waals surface area contributed by atoms with Gasteiger partial charge in [0.05, 0.1) is 17.1 Å². The first-order valence-electron chi connectivity index (χ1n) is 7.24. The number of nitrogens with zero attached hydrogens (tertiary/aromatic N) is 1. The van der Waals surface area contributed by atoms with Gasteiger partial charge in [0.1, 0.15) is 5.82 Å². The zero-order chi connectivity index (χ0) is 18.1. The van der Waals surface area contributed by atoms with E-state index in [1.54, 1.807) is 0 Å². The summed E-state index contributed by atoms with van der Waals surface area (Å²) in [5.41, 5.74) is -0.367. The van der Waals surface area contributed by atoms with E-state index >= 15 is 0 Å². The van der Waals surface area contributed by atoms with Crippen LogP contribution in [0.4, 0.5) is 4.39 Å². The van der Waals surface area contributed by atoms with Gasteiger partial charge in [0.2, 0.25) is 0 Å². The van der Waals surface area contributed by atoms with E-state index in [0.717, 1.165) is 12.1 Å². The number of halogens is 2. The van der Waals surface area contributed by atoms with Gasteiger partial charge in [0.25, 0.3) is 5.91 Å². The Morgan fingerprint density at radius 2 is 2.08 bits per heavy atom. The predicted octanol–water partition coefficient (Wildman–Crippen LogP) is 1.67. The van der Waals surface area contributed by atoms with Gasteiger partial charge in [0, 0.05) is 18.1 Å². The highest BCUT2D eigenvalue weighted by Crippen LogP contribution is 2.19. The molecule has 1 amide bonds. The molecule has 0 N–H and O–H groups in total. The molecule has 0 saturated carbocycles. The number of hydrogen-bond donors (Lipinski definition) is 0. The Kier molecular flexibility index (Phi) is 5.49. The zero-order valence-electron chi connectivity index (χ0n) is 13.2. The van der Waals surface area contributed by atoms with Gasteiger partial charge in [-0.25, -0.2) is 17.6 Å². The number of likely N-dealkylation sites (N-methyl/N-ethyl adjacent to an activating group) is 1. The number of benzene rings is 1. The Morgan fingerprint density at radius 1 is 1.42 bits per heavy atom. The lowest BCUT2D eigenvalue weighted by atomic mass is 10.2. The molecule has 1 heterocycles. The average molecular weight is 378 g/mol. The molecule has 2 atom stereocenters. The summed E-state index contributed by atoms with van der Waals surface area (Å²) in [6, 6.07) is 2.98. The summed E-state index contributed by atoms with van der Waals surface area (Å²) < 4.78 is 41.6. The molecule has 0 aromatic heterocycles. The van der Waals surface area contributed by atoms with Crippen molar-refractivity contribution >= 4 is 33.3 Å². The van der Waals surface area contributed by atoms with E-state index in [4.69, 9.17) is 16.3 Å². The number of rotatable bonds is 4. The van der Waals surface area contributed by atoms with E-state index in [2.05, 4.69) is 0 Å². The molecule has 132 valence electrons. The highest BCUT2D eigenvalue weighted by molar-refractivity contribution is 7.91. The second-order valence-electron chi connectivity index (χ2n) is 5.68. The minimum atomic E-state index is -3.14. The lowest BCUT2D eigenvalue weighted by Crippen LogP contribution is -2.44.